The molecule has 4 nitrogen and oxygen atoms in total. The number of hydrogen-bond acceptors (Lipinski definition) is 3. The molecule has 0 bridgehead atoms. The summed E-state index contributed by atoms with van der Waals surface area (Å²) in [6.45, 7) is 5.69. The molecule has 0 aliphatic heterocycles. The van der Waals surface area contributed by atoms with E-state index in [4.69, 9.17) is 5.11 Å². The molecule has 0 fully saturated rings. The van der Waals surface area contributed by atoms with Crippen LogP contribution in [0.25, 0.3) is 0 Å². The molecule has 0 aliphatic rings. The van der Waals surface area contributed by atoms with Gasteiger partial charge in [0.05, 0.1) is 0 Å². The Balaban J connectivity index is 2.77. The number of rotatable bonds is 9. The van der Waals surface area contributed by atoms with Crippen molar-refractivity contribution in [1.82, 2.24) is 0 Å². The second kappa shape index (κ2) is 8.35. The number of benzene rings is 1. The Morgan fingerprint density at radius 3 is 2.48 bits per heavy atom. The fourth-order valence-electron chi connectivity index (χ4n) is 2.37. The van der Waals surface area contributed by atoms with Crippen molar-refractivity contribution in [1.29, 1.82) is 0 Å². The Morgan fingerprint density at radius 2 is 1.90 bits per heavy atom. The lowest BCUT2D eigenvalue weighted by molar-refractivity contribution is -0.132. The highest BCUT2D eigenvalue weighted by Crippen LogP contribution is 2.34. The molecule has 1 atom stereocenters. The van der Waals surface area contributed by atoms with Crippen LogP contribution >= 0.6 is 0 Å². The van der Waals surface area contributed by atoms with E-state index in [1.807, 2.05) is 0 Å². The molecule has 0 radical (unpaired) electrons. The van der Waals surface area contributed by atoms with Crippen LogP contribution in [0.5, 0.6) is 11.5 Å². The van der Waals surface area contributed by atoms with Gasteiger partial charge < -0.3 is 15.3 Å². The van der Waals surface area contributed by atoms with Crippen LogP contribution in [0.2, 0.25) is 0 Å². The molecule has 3 N–H and O–H groups in total. The van der Waals surface area contributed by atoms with Crippen LogP contribution in [0.1, 0.15) is 56.9 Å². The molecule has 1 aromatic carbocycles. The fourth-order valence-corrected chi connectivity index (χ4v) is 2.37. The summed E-state index contributed by atoms with van der Waals surface area (Å²) >= 11 is 0. The Hall–Kier alpha value is -1.97. The largest absolute Gasteiger partial charge is 0.504 e. The minimum absolute atomic E-state index is 0.134. The van der Waals surface area contributed by atoms with Gasteiger partial charge in [-0.1, -0.05) is 38.8 Å². The van der Waals surface area contributed by atoms with Crippen LogP contribution < -0.4 is 0 Å². The Kier molecular flexibility index (Phi) is 6.79. The molecule has 1 unspecified atom stereocenters. The van der Waals surface area contributed by atoms with Gasteiger partial charge in [-0.2, -0.15) is 0 Å². The number of carbonyl (C=O) groups is 1. The van der Waals surface area contributed by atoms with E-state index in [9.17, 15) is 15.0 Å². The predicted octanol–water partition coefficient (Wildman–Crippen LogP) is 4.18. The first-order chi connectivity index (χ1) is 9.95. The molecular formula is C17H24O4. The highest BCUT2D eigenvalue weighted by molar-refractivity contribution is 5.85. The Morgan fingerprint density at radius 1 is 1.19 bits per heavy atom. The lowest BCUT2D eigenvalue weighted by atomic mass is 9.88. The molecular weight excluding hydrogens is 268 g/mol. The maximum Gasteiger partial charge on any atom is 0.330 e. The van der Waals surface area contributed by atoms with Crippen molar-refractivity contribution in [3.63, 3.8) is 0 Å². The van der Waals surface area contributed by atoms with Crippen LogP contribution in [-0.4, -0.2) is 21.3 Å². The Bertz CT molecular complexity index is 494. The highest BCUT2D eigenvalue weighted by Gasteiger charge is 2.15. The number of aromatic hydroxyl groups is 2. The van der Waals surface area contributed by atoms with Gasteiger partial charge in [0.2, 0.25) is 0 Å². The summed E-state index contributed by atoms with van der Waals surface area (Å²) in [7, 11) is 0. The van der Waals surface area contributed by atoms with Gasteiger partial charge in [-0.15, -0.1) is 0 Å². The van der Waals surface area contributed by atoms with Crippen LogP contribution in [-0.2, 0) is 4.79 Å². The zero-order valence-electron chi connectivity index (χ0n) is 12.5. The van der Waals surface area contributed by atoms with Crippen molar-refractivity contribution in [2.45, 2.75) is 51.4 Å². The van der Waals surface area contributed by atoms with E-state index in [-0.39, 0.29) is 23.0 Å². The quantitative estimate of drug-likeness (QED) is 0.362. The molecule has 0 saturated heterocycles. The number of carboxylic acids is 1. The van der Waals surface area contributed by atoms with E-state index in [0.29, 0.717) is 12.8 Å². The molecule has 1 aromatic rings. The lowest BCUT2D eigenvalue weighted by Crippen LogP contribution is -2.04. The zero-order chi connectivity index (χ0) is 15.8. The molecule has 1 rings (SSSR count). The van der Waals surface area contributed by atoms with Gasteiger partial charge in [0.1, 0.15) is 0 Å². The number of carboxylic acid groups (broad SMARTS) is 1. The van der Waals surface area contributed by atoms with Gasteiger partial charge in [-0.25, -0.2) is 4.79 Å². The molecule has 0 aromatic heterocycles. The highest BCUT2D eigenvalue weighted by atomic mass is 16.4. The summed E-state index contributed by atoms with van der Waals surface area (Å²) in [5.41, 5.74) is 1.14. The molecule has 4 heteroatoms. The molecule has 0 heterocycles. The monoisotopic (exact) mass is 292 g/mol. The van der Waals surface area contributed by atoms with Crippen LogP contribution in [0.15, 0.2) is 30.4 Å². The lowest BCUT2D eigenvalue weighted by Gasteiger charge is -2.18. The normalized spacial score (nSPS) is 12.0. The Labute approximate surface area is 125 Å². The van der Waals surface area contributed by atoms with Crippen molar-refractivity contribution in [3.8, 4) is 11.5 Å². The maximum atomic E-state index is 10.8. The molecule has 0 amide bonds. The summed E-state index contributed by atoms with van der Waals surface area (Å²) in [6.07, 6.45) is 5.34. The molecule has 0 saturated carbocycles. The topological polar surface area (TPSA) is 77.8 Å². The summed E-state index contributed by atoms with van der Waals surface area (Å²) < 4.78 is 0. The second-order valence-corrected chi connectivity index (χ2v) is 5.39. The molecule has 0 spiro atoms. The number of unbranched alkanes of at least 4 members (excludes halogenated alkanes) is 2. The summed E-state index contributed by atoms with van der Waals surface area (Å²) in [6, 6.07) is 4.83. The van der Waals surface area contributed by atoms with E-state index < -0.39 is 5.97 Å². The summed E-state index contributed by atoms with van der Waals surface area (Å²) in [4.78, 5) is 10.8. The molecule has 21 heavy (non-hydrogen) atoms. The summed E-state index contributed by atoms with van der Waals surface area (Å²) in [5, 5.41) is 27.9. The van der Waals surface area contributed by atoms with E-state index in [0.717, 1.165) is 31.2 Å². The minimum atomic E-state index is -0.962. The van der Waals surface area contributed by atoms with Crippen LogP contribution in [0.3, 0.4) is 0 Å². The maximum absolute atomic E-state index is 10.8. The van der Waals surface area contributed by atoms with E-state index in [1.54, 1.807) is 12.1 Å². The third kappa shape index (κ3) is 5.50. The predicted molar refractivity (Wildman–Crippen MR) is 82.7 cm³/mol. The average molecular weight is 292 g/mol. The molecule has 0 aliphatic carbocycles. The average Bonchev–Trinajstić information content (AvgIpc) is 2.45. The van der Waals surface area contributed by atoms with Crippen molar-refractivity contribution in [2.75, 3.05) is 0 Å². The van der Waals surface area contributed by atoms with Gasteiger partial charge in [0, 0.05) is 5.57 Å². The second-order valence-electron chi connectivity index (χ2n) is 5.39. The third-order valence-corrected chi connectivity index (χ3v) is 3.72. The van der Waals surface area contributed by atoms with Gasteiger partial charge in [-0.3, -0.25) is 0 Å². The van der Waals surface area contributed by atoms with Crippen LogP contribution in [0, 0.1) is 0 Å². The van der Waals surface area contributed by atoms with Crippen molar-refractivity contribution in [3.05, 3.63) is 35.9 Å². The third-order valence-electron chi connectivity index (χ3n) is 3.72. The summed E-state index contributed by atoms with van der Waals surface area (Å²) in [5.74, 6) is -1.07. The van der Waals surface area contributed by atoms with Gasteiger partial charge in [0.15, 0.2) is 11.5 Å². The first-order valence-corrected chi connectivity index (χ1v) is 7.38. The van der Waals surface area contributed by atoms with Gasteiger partial charge in [-0.05, 0) is 42.9 Å². The number of phenolic OH excluding ortho intramolecular Hbond substituents is 2. The van der Waals surface area contributed by atoms with Crippen molar-refractivity contribution in [2.24, 2.45) is 0 Å². The van der Waals surface area contributed by atoms with Gasteiger partial charge in [0.25, 0.3) is 0 Å². The first-order valence-electron chi connectivity index (χ1n) is 7.38. The standard InChI is InChI=1S/C17H24O4/c1-3-4-5-6-13(8-7-12(2)17(20)21)14-9-10-15(18)16(19)11-14/h9-11,13,18-19H,2-8H2,1H3,(H,20,21). The first kappa shape index (κ1) is 17.1. The molecule has 116 valence electrons. The minimum Gasteiger partial charge on any atom is -0.504 e. The fraction of sp³-hybridized carbons (Fsp3) is 0.471. The van der Waals surface area contributed by atoms with E-state index in [2.05, 4.69) is 13.5 Å². The van der Waals surface area contributed by atoms with Crippen molar-refractivity contribution < 1.29 is 20.1 Å². The van der Waals surface area contributed by atoms with E-state index >= 15 is 0 Å². The smallest absolute Gasteiger partial charge is 0.330 e. The van der Waals surface area contributed by atoms with Gasteiger partial charge >= 0.3 is 5.97 Å². The zero-order valence-corrected chi connectivity index (χ0v) is 12.5. The number of aliphatic carboxylic acids is 1. The van der Waals surface area contributed by atoms with E-state index in [1.165, 1.54) is 6.07 Å². The number of hydrogen-bond donors (Lipinski definition) is 3. The number of phenols is 2. The SMILES string of the molecule is C=C(CCC(CCCCC)c1ccc(O)c(O)c1)C(=O)O. The van der Waals surface area contributed by atoms with Crippen LogP contribution in [0.4, 0.5) is 0 Å². The van der Waals surface area contributed by atoms with Crippen molar-refractivity contribution >= 4 is 5.97 Å².